The highest BCUT2D eigenvalue weighted by Gasteiger charge is 2.49. The third kappa shape index (κ3) is 3.05. The van der Waals surface area contributed by atoms with E-state index in [1.807, 2.05) is 0 Å². The number of esters is 1. The van der Waals surface area contributed by atoms with Gasteiger partial charge in [0.05, 0.1) is 24.7 Å². The van der Waals surface area contributed by atoms with E-state index in [4.69, 9.17) is 9.47 Å². The van der Waals surface area contributed by atoms with E-state index in [1.54, 1.807) is 0 Å². The van der Waals surface area contributed by atoms with Gasteiger partial charge in [-0.15, -0.1) is 0 Å². The molecule has 0 aromatic rings. The van der Waals surface area contributed by atoms with E-state index < -0.39 is 0 Å². The van der Waals surface area contributed by atoms with Crippen LogP contribution in [0.15, 0.2) is 0 Å². The second-order valence-electron chi connectivity index (χ2n) is 6.83. The highest BCUT2D eigenvalue weighted by molar-refractivity contribution is 5.73. The number of epoxide rings is 1. The van der Waals surface area contributed by atoms with Crippen LogP contribution in [0.2, 0.25) is 0 Å². The number of rotatable bonds is 4. The van der Waals surface area contributed by atoms with Gasteiger partial charge in [0, 0.05) is 5.92 Å². The first-order chi connectivity index (χ1) is 9.67. The molecule has 0 spiro atoms. The summed E-state index contributed by atoms with van der Waals surface area (Å²) < 4.78 is 11.0. The molecular formula is C16H24O4. The van der Waals surface area contributed by atoms with E-state index in [0.717, 1.165) is 44.8 Å². The van der Waals surface area contributed by atoms with Gasteiger partial charge in [-0.3, -0.25) is 4.79 Å². The summed E-state index contributed by atoms with van der Waals surface area (Å²) in [5, 5.41) is 0. The predicted molar refractivity (Wildman–Crippen MR) is 73.0 cm³/mol. The van der Waals surface area contributed by atoms with Gasteiger partial charge in [0.1, 0.15) is 6.29 Å². The molecule has 1 saturated heterocycles. The topological polar surface area (TPSA) is 55.9 Å². The molecule has 0 N–H and O–H groups in total. The summed E-state index contributed by atoms with van der Waals surface area (Å²) in [6, 6.07) is 0. The molecule has 0 aromatic heterocycles. The molecule has 6 unspecified atom stereocenters. The fraction of sp³-hybridized carbons (Fsp3) is 0.875. The quantitative estimate of drug-likeness (QED) is 0.450. The summed E-state index contributed by atoms with van der Waals surface area (Å²) in [5.41, 5.74) is 0. The van der Waals surface area contributed by atoms with Crippen molar-refractivity contribution in [2.45, 2.75) is 57.7 Å². The van der Waals surface area contributed by atoms with Crippen LogP contribution in [0.1, 0.15) is 45.4 Å². The molecule has 3 rings (SSSR count). The van der Waals surface area contributed by atoms with Crippen molar-refractivity contribution in [3.63, 3.8) is 0 Å². The van der Waals surface area contributed by atoms with Crippen molar-refractivity contribution in [1.29, 1.82) is 0 Å². The van der Waals surface area contributed by atoms with Crippen molar-refractivity contribution in [3.8, 4) is 0 Å². The van der Waals surface area contributed by atoms with Crippen LogP contribution in [-0.4, -0.2) is 31.1 Å². The Bertz CT molecular complexity index is 381. The lowest BCUT2D eigenvalue weighted by molar-refractivity contribution is -0.153. The zero-order valence-electron chi connectivity index (χ0n) is 12.1. The van der Waals surface area contributed by atoms with Crippen molar-refractivity contribution in [3.05, 3.63) is 0 Å². The molecule has 0 aromatic carbocycles. The summed E-state index contributed by atoms with van der Waals surface area (Å²) in [7, 11) is 0. The van der Waals surface area contributed by atoms with Crippen LogP contribution < -0.4 is 0 Å². The third-order valence-corrected chi connectivity index (χ3v) is 5.24. The minimum absolute atomic E-state index is 0.00390. The molecule has 2 saturated carbocycles. The van der Waals surface area contributed by atoms with Crippen molar-refractivity contribution in [1.82, 2.24) is 0 Å². The van der Waals surface area contributed by atoms with Gasteiger partial charge in [0.15, 0.2) is 0 Å². The number of fused-ring (bicyclic) bond motifs is 1. The highest BCUT2D eigenvalue weighted by Crippen LogP contribution is 2.43. The maximum absolute atomic E-state index is 12.2. The number of ether oxygens (including phenoxy) is 2. The Balaban J connectivity index is 1.45. The van der Waals surface area contributed by atoms with E-state index in [2.05, 4.69) is 6.92 Å². The Labute approximate surface area is 120 Å². The summed E-state index contributed by atoms with van der Waals surface area (Å²) >= 11 is 0. The first kappa shape index (κ1) is 14.1. The maximum Gasteiger partial charge on any atom is 0.309 e. The van der Waals surface area contributed by atoms with Crippen molar-refractivity contribution in [2.24, 2.45) is 23.7 Å². The molecule has 3 aliphatic rings. The molecule has 1 heterocycles. The van der Waals surface area contributed by atoms with Crippen LogP contribution >= 0.6 is 0 Å². The molecule has 1 aliphatic heterocycles. The summed E-state index contributed by atoms with van der Waals surface area (Å²) in [5.74, 6) is 0.845. The van der Waals surface area contributed by atoms with Gasteiger partial charge in [-0.2, -0.15) is 0 Å². The lowest BCUT2D eigenvalue weighted by Gasteiger charge is -2.28. The number of carbonyl (C=O) groups is 2. The van der Waals surface area contributed by atoms with Gasteiger partial charge in [0.25, 0.3) is 0 Å². The minimum atomic E-state index is -0.0559. The molecule has 0 bridgehead atoms. The van der Waals surface area contributed by atoms with Crippen molar-refractivity contribution < 1.29 is 19.1 Å². The zero-order chi connectivity index (χ0) is 14.1. The number of carbonyl (C=O) groups excluding carboxylic acids is 2. The van der Waals surface area contributed by atoms with Crippen molar-refractivity contribution >= 4 is 12.3 Å². The third-order valence-electron chi connectivity index (χ3n) is 5.24. The van der Waals surface area contributed by atoms with Gasteiger partial charge in [-0.05, 0) is 43.9 Å². The monoisotopic (exact) mass is 280 g/mol. The van der Waals surface area contributed by atoms with Gasteiger partial charge < -0.3 is 14.3 Å². The fourth-order valence-corrected chi connectivity index (χ4v) is 3.85. The Morgan fingerprint density at radius 3 is 2.85 bits per heavy atom. The first-order valence-corrected chi connectivity index (χ1v) is 7.94. The molecule has 4 nitrogen and oxygen atoms in total. The fourth-order valence-electron chi connectivity index (χ4n) is 3.85. The summed E-state index contributed by atoms with van der Waals surface area (Å²) in [4.78, 5) is 23.1. The predicted octanol–water partition coefficient (Wildman–Crippen LogP) is 2.35. The smallest absolute Gasteiger partial charge is 0.309 e. The second kappa shape index (κ2) is 5.84. The van der Waals surface area contributed by atoms with Crippen LogP contribution in [0.25, 0.3) is 0 Å². The second-order valence-corrected chi connectivity index (χ2v) is 6.83. The molecule has 3 fully saturated rings. The largest absolute Gasteiger partial charge is 0.465 e. The molecule has 20 heavy (non-hydrogen) atoms. The van der Waals surface area contributed by atoms with Gasteiger partial charge in [-0.1, -0.05) is 13.3 Å². The van der Waals surface area contributed by atoms with Crippen LogP contribution in [0, 0.1) is 23.7 Å². The summed E-state index contributed by atoms with van der Waals surface area (Å²) in [6.45, 7) is 2.61. The van der Waals surface area contributed by atoms with Crippen molar-refractivity contribution in [2.75, 3.05) is 6.61 Å². The molecule has 0 radical (unpaired) electrons. The first-order valence-electron chi connectivity index (χ1n) is 7.94. The normalized spacial score (nSPS) is 43.5. The minimum Gasteiger partial charge on any atom is -0.465 e. The SMILES string of the molecule is CC1CC2OC2CC1C(=O)OCC1CCCC(C=O)C1. The van der Waals surface area contributed by atoms with E-state index >= 15 is 0 Å². The van der Waals surface area contributed by atoms with Crippen LogP contribution in [0.5, 0.6) is 0 Å². The van der Waals surface area contributed by atoms with Gasteiger partial charge in [-0.25, -0.2) is 0 Å². The zero-order valence-corrected chi connectivity index (χ0v) is 12.1. The van der Waals surface area contributed by atoms with Gasteiger partial charge >= 0.3 is 5.97 Å². The number of hydrogen-bond donors (Lipinski definition) is 0. The van der Waals surface area contributed by atoms with Crippen LogP contribution in [0.3, 0.4) is 0 Å². The standard InChI is InChI=1S/C16H24O4/c1-10-5-14-15(20-14)7-13(10)16(18)19-9-12-4-2-3-11(6-12)8-17/h8,10-15H,2-7,9H2,1H3. The Morgan fingerprint density at radius 1 is 1.25 bits per heavy atom. The molecule has 4 heteroatoms. The Morgan fingerprint density at radius 2 is 2.05 bits per heavy atom. The van der Waals surface area contributed by atoms with Crippen LogP contribution in [-0.2, 0) is 19.1 Å². The molecule has 2 aliphatic carbocycles. The average molecular weight is 280 g/mol. The maximum atomic E-state index is 12.2. The Hall–Kier alpha value is -0.900. The number of hydrogen-bond acceptors (Lipinski definition) is 4. The molecule has 112 valence electrons. The van der Waals surface area contributed by atoms with E-state index in [0.29, 0.717) is 30.7 Å². The summed E-state index contributed by atoms with van der Waals surface area (Å²) in [6.07, 6.45) is 7.60. The van der Waals surface area contributed by atoms with Gasteiger partial charge in [0.2, 0.25) is 0 Å². The molecule has 0 amide bonds. The molecular weight excluding hydrogens is 256 g/mol. The highest BCUT2D eigenvalue weighted by atomic mass is 16.6. The number of aldehydes is 1. The van der Waals surface area contributed by atoms with E-state index in [1.165, 1.54) is 0 Å². The Kier molecular flexibility index (Phi) is 4.11. The lowest BCUT2D eigenvalue weighted by atomic mass is 9.80. The molecule has 6 atom stereocenters. The average Bonchev–Trinajstić information content (AvgIpc) is 3.22. The van der Waals surface area contributed by atoms with E-state index in [9.17, 15) is 9.59 Å². The van der Waals surface area contributed by atoms with Crippen LogP contribution in [0.4, 0.5) is 0 Å². The van der Waals surface area contributed by atoms with E-state index in [-0.39, 0.29) is 17.8 Å². The lowest BCUT2D eigenvalue weighted by Crippen LogP contribution is -2.32.